The molecule has 140 valence electrons. The maximum atomic E-state index is 12.8. The minimum atomic E-state index is -4.54. The Morgan fingerprint density at radius 3 is 2.00 bits per heavy atom. The van der Waals surface area contributed by atoms with Gasteiger partial charge in [-0.05, 0) is 45.4 Å². The number of esters is 1. The van der Waals surface area contributed by atoms with Crippen molar-refractivity contribution in [2.45, 2.75) is 39.4 Å². The fourth-order valence-corrected chi connectivity index (χ4v) is 2.63. The van der Waals surface area contributed by atoms with E-state index in [-0.39, 0.29) is 17.7 Å². The van der Waals surface area contributed by atoms with Gasteiger partial charge in [-0.2, -0.15) is 13.2 Å². The number of hydrogen-bond acceptors (Lipinski definition) is 4. The summed E-state index contributed by atoms with van der Waals surface area (Å²) in [5.74, 6) is -2.55. The molecule has 5 nitrogen and oxygen atoms in total. The molecule has 0 aliphatic carbocycles. The first kappa shape index (κ1) is 19.7. The van der Waals surface area contributed by atoms with Gasteiger partial charge in [0.1, 0.15) is 5.57 Å². The maximum Gasteiger partial charge on any atom is 0.416 e. The highest BCUT2D eigenvalue weighted by Crippen LogP contribution is 2.36. The van der Waals surface area contributed by atoms with Gasteiger partial charge >= 0.3 is 12.1 Å². The highest BCUT2D eigenvalue weighted by atomic mass is 19.4. The van der Waals surface area contributed by atoms with Crippen LogP contribution in [0.25, 0.3) is 5.57 Å². The lowest BCUT2D eigenvalue weighted by Gasteiger charge is -2.30. The van der Waals surface area contributed by atoms with Crippen LogP contribution in [0.15, 0.2) is 29.8 Å². The van der Waals surface area contributed by atoms with Crippen LogP contribution in [0.2, 0.25) is 0 Å². The second-order valence-electron chi connectivity index (χ2n) is 6.66. The quantitative estimate of drug-likeness (QED) is 0.466. The molecular formula is C18H18F3NO4. The van der Waals surface area contributed by atoms with E-state index in [0.717, 1.165) is 29.2 Å². The van der Waals surface area contributed by atoms with Gasteiger partial charge in [0.25, 0.3) is 11.8 Å². The number of hydrogen-bond donors (Lipinski definition) is 0. The number of ether oxygens (including phenoxy) is 1. The van der Waals surface area contributed by atoms with E-state index in [1.807, 2.05) is 0 Å². The van der Waals surface area contributed by atoms with E-state index in [2.05, 4.69) is 0 Å². The zero-order chi connectivity index (χ0) is 19.9. The van der Waals surface area contributed by atoms with E-state index in [9.17, 15) is 27.6 Å². The lowest BCUT2D eigenvalue weighted by atomic mass is 10.00. The van der Waals surface area contributed by atoms with Crippen LogP contribution in [-0.4, -0.2) is 34.8 Å². The molecule has 0 fully saturated rings. The van der Waals surface area contributed by atoms with E-state index < -0.39 is 40.6 Å². The molecule has 1 aromatic carbocycles. The molecule has 0 saturated carbocycles. The highest BCUT2D eigenvalue weighted by molar-refractivity contribution is 6.43. The Hall–Kier alpha value is -2.64. The number of nitrogens with zero attached hydrogens (tertiary/aromatic N) is 1. The third-order valence-electron chi connectivity index (χ3n) is 3.74. The van der Waals surface area contributed by atoms with Gasteiger partial charge in [-0.1, -0.05) is 12.1 Å². The third-order valence-corrected chi connectivity index (χ3v) is 3.74. The number of imide groups is 1. The molecule has 26 heavy (non-hydrogen) atoms. The summed E-state index contributed by atoms with van der Waals surface area (Å²) in [4.78, 5) is 38.6. The summed E-state index contributed by atoms with van der Waals surface area (Å²) in [6.45, 7) is 6.36. The molecule has 8 heteroatoms. The van der Waals surface area contributed by atoms with Crippen LogP contribution in [0.4, 0.5) is 13.2 Å². The van der Waals surface area contributed by atoms with Gasteiger partial charge in [-0.15, -0.1) is 0 Å². The molecule has 1 aromatic rings. The normalized spacial score (nSPS) is 15.7. The van der Waals surface area contributed by atoms with Crippen molar-refractivity contribution in [3.63, 3.8) is 0 Å². The summed E-state index contributed by atoms with van der Waals surface area (Å²) in [6, 6.07) is 3.72. The van der Waals surface area contributed by atoms with Crippen LogP contribution in [0, 0.1) is 0 Å². The van der Waals surface area contributed by atoms with E-state index in [4.69, 9.17) is 4.74 Å². The third kappa shape index (κ3) is 3.49. The number of rotatable bonds is 3. The lowest BCUT2D eigenvalue weighted by molar-refractivity contribution is -0.145. The van der Waals surface area contributed by atoms with E-state index in [1.165, 1.54) is 0 Å². The van der Waals surface area contributed by atoms with E-state index >= 15 is 0 Å². The topological polar surface area (TPSA) is 63.7 Å². The van der Waals surface area contributed by atoms with Gasteiger partial charge in [0.05, 0.1) is 17.7 Å². The average Bonchev–Trinajstić information content (AvgIpc) is 2.77. The fourth-order valence-electron chi connectivity index (χ4n) is 2.63. The zero-order valence-corrected chi connectivity index (χ0v) is 14.7. The van der Waals surface area contributed by atoms with Gasteiger partial charge in [0.15, 0.2) is 0 Å². The average molecular weight is 369 g/mol. The van der Waals surface area contributed by atoms with Gasteiger partial charge in [-0.25, -0.2) is 4.79 Å². The molecule has 0 bridgehead atoms. The molecule has 0 saturated heterocycles. The van der Waals surface area contributed by atoms with Gasteiger partial charge in [0, 0.05) is 5.54 Å². The molecule has 0 atom stereocenters. The van der Waals surface area contributed by atoms with Crippen LogP contribution < -0.4 is 0 Å². The van der Waals surface area contributed by atoms with E-state index in [0.29, 0.717) is 0 Å². The summed E-state index contributed by atoms with van der Waals surface area (Å²) in [5.41, 5.74) is -2.49. The van der Waals surface area contributed by atoms with Crippen molar-refractivity contribution >= 4 is 23.4 Å². The summed E-state index contributed by atoms with van der Waals surface area (Å²) in [5, 5.41) is 0. The van der Waals surface area contributed by atoms with Crippen molar-refractivity contribution in [3.05, 3.63) is 41.0 Å². The molecule has 2 rings (SSSR count). The zero-order valence-electron chi connectivity index (χ0n) is 14.7. The molecule has 1 heterocycles. The Bertz CT molecular complexity index is 786. The van der Waals surface area contributed by atoms with E-state index in [1.54, 1.807) is 27.7 Å². The Labute approximate surface area is 148 Å². The lowest BCUT2D eigenvalue weighted by Crippen LogP contribution is -2.46. The van der Waals surface area contributed by atoms with Crippen LogP contribution in [-0.2, 0) is 25.3 Å². The second-order valence-corrected chi connectivity index (χ2v) is 6.66. The first-order valence-electron chi connectivity index (χ1n) is 7.87. The number of halogens is 3. The molecule has 2 amide bonds. The minimum absolute atomic E-state index is 0.0143. The molecule has 0 spiro atoms. The fraction of sp³-hybridized carbons (Fsp3) is 0.389. The van der Waals surface area contributed by atoms with Gasteiger partial charge in [0.2, 0.25) is 0 Å². The Morgan fingerprint density at radius 1 is 1.04 bits per heavy atom. The van der Waals surface area contributed by atoms with Crippen molar-refractivity contribution in [1.82, 2.24) is 4.90 Å². The molecule has 1 aliphatic heterocycles. The van der Waals surface area contributed by atoms with Crippen LogP contribution in [0.3, 0.4) is 0 Å². The minimum Gasteiger partial charge on any atom is -0.462 e. The number of carbonyl (C=O) groups excluding carboxylic acids is 3. The number of amides is 2. The molecule has 0 N–H and O–H groups in total. The second kappa shape index (κ2) is 6.59. The van der Waals surface area contributed by atoms with Crippen LogP contribution >= 0.6 is 0 Å². The SMILES string of the molecule is CCOC(=O)C1=C(c2ccc(C(F)(F)F)cc2)C(=O)N(C(C)(C)C)C1=O. The molecular weight excluding hydrogens is 351 g/mol. The maximum absolute atomic E-state index is 12.8. The van der Waals surface area contributed by atoms with Crippen molar-refractivity contribution in [2.75, 3.05) is 6.61 Å². The number of benzene rings is 1. The predicted molar refractivity (Wildman–Crippen MR) is 86.6 cm³/mol. The monoisotopic (exact) mass is 369 g/mol. The van der Waals surface area contributed by atoms with Crippen LogP contribution in [0.5, 0.6) is 0 Å². The van der Waals surface area contributed by atoms with Gasteiger partial charge in [-0.3, -0.25) is 14.5 Å². The number of alkyl halides is 3. The van der Waals surface area contributed by atoms with Crippen LogP contribution in [0.1, 0.15) is 38.8 Å². The summed E-state index contributed by atoms with van der Waals surface area (Å²) < 4.78 is 43.1. The van der Waals surface area contributed by atoms with Crippen molar-refractivity contribution in [1.29, 1.82) is 0 Å². The van der Waals surface area contributed by atoms with Gasteiger partial charge < -0.3 is 4.74 Å². The predicted octanol–water partition coefficient (Wildman–Crippen LogP) is 3.19. The van der Waals surface area contributed by atoms with Crippen molar-refractivity contribution in [3.8, 4) is 0 Å². The Balaban J connectivity index is 2.61. The van der Waals surface area contributed by atoms with Crippen molar-refractivity contribution < 1.29 is 32.3 Å². The molecule has 1 aliphatic rings. The summed E-state index contributed by atoms with van der Waals surface area (Å²) in [7, 11) is 0. The van der Waals surface area contributed by atoms with Crippen molar-refractivity contribution in [2.24, 2.45) is 0 Å². The smallest absolute Gasteiger partial charge is 0.416 e. The molecule has 0 unspecified atom stereocenters. The largest absolute Gasteiger partial charge is 0.462 e. The first-order valence-corrected chi connectivity index (χ1v) is 7.87. The Morgan fingerprint density at radius 2 is 1.58 bits per heavy atom. The Kier molecular flexibility index (Phi) is 4.98. The summed E-state index contributed by atoms with van der Waals surface area (Å²) in [6.07, 6.45) is -4.54. The standard InChI is InChI=1S/C18H18F3NO4/c1-5-26-16(25)13-12(14(23)22(15(13)24)17(2,3)4)10-6-8-11(9-7-10)18(19,20)21/h6-9H,5H2,1-4H3. The highest BCUT2D eigenvalue weighted by Gasteiger charge is 2.47. The number of carbonyl (C=O) groups is 3. The molecule has 0 aromatic heterocycles. The first-order chi connectivity index (χ1) is 11.9. The summed E-state index contributed by atoms with van der Waals surface area (Å²) >= 11 is 0. The molecule has 0 radical (unpaired) electrons.